The molecule has 3 nitrogen and oxygen atoms in total. The summed E-state index contributed by atoms with van der Waals surface area (Å²) >= 11 is 0. The van der Waals surface area contributed by atoms with Gasteiger partial charge in [-0.3, -0.25) is 4.57 Å². The van der Waals surface area contributed by atoms with Crippen LogP contribution in [0.25, 0.3) is 0 Å². The normalized spacial score (nSPS) is 15.3. The molecule has 0 saturated carbocycles. The first-order valence-corrected chi connectivity index (χ1v) is 6.56. The second kappa shape index (κ2) is 6.27. The lowest BCUT2D eigenvalue weighted by Crippen LogP contribution is -2.19. The molecule has 0 aromatic carbocycles. The average molecular weight is 236 g/mol. The van der Waals surface area contributed by atoms with Gasteiger partial charge in [0.05, 0.1) is 13.2 Å². The molecule has 0 rings (SSSR count). The fourth-order valence-corrected chi connectivity index (χ4v) is 2.39. The van der Waals surface area contributed by atoms with Crippen LogP contribution in [0.15, 0.2) is 0 Å². The lowest BCUT2D eigenvalue weighted by atomic mass is 10.4. The van der Waals surface area contributed by atoms with Gasteiger partial charge in [-0.05, 0) is 20.8 Å². The molecule has 0 heterocycles. The SMILES string of the molecule is CCC#CC(C)(F)P(=O)(OCC)OCC. The van der Waals surface area contributed by atoms with Crippen molar-refractivity contribution in [2.24, 2.45) is 0 Å². The highest BCUT2D eigenvalue weighted by Gasteiger charge is 2.46. The van der Waals surface area contributed by atoms with Gasteiger partial charge in [-0.25, -0.2) is 4.39 Å². The minimum absolute atomic E-state index is 0.130. The number of alkyl halides is 1. The first-order chi connectivity index (χ1) is 6.93. The highest BCUT2D eigenvalue weighted by molar-refractivity contribution is 7.55. The van der Waals surface area contributed by atoms with E-state index in [1.54, 1.807) is 20.8 Å². The molecule has 0 saturated heterocycles. The largest absolute Gasteiger partial charge is 0.379 e. The van der Waals surface area contributed by atoms with E-state index in [9.17, 15) is 8.96 Å². The van der Waals surface area contributed by atoms with Crippen LogP contribution in [0.5, 0.6) is 0 Å². The number of rotatable bonds is 5. The second-order valence-electron chi connectivity index (χ2n) is 2.94. The van der Waals surface area contributed by atoms with Crippen LogP contribution in [0.2, 0.25) is 0 Å². The van der Waals surface area contributed by atoms with E-state index in [2.05, 4.69) is 11.8 Å². The van der Waals surface area contributed by atoms with Gasteiger partial charge in [0.25, 0.3) is 5.41 Å². The zero-order valence-electron chi connectivity index (χ0n) is 9.67. The molecular weight excluding hydrogens is 218 g/mol. The standard InChI is InChI=1S/C10H18FO3P/c1-5-8-9-10(4,11)15(12,13-6-2)14-7-3/h5-7H2,1-4H3. The Labute approximate surface area is 90.9 Å². The quantitative estimate of drug-likeness (QED) is 0.542. The molecule has 0 fully saturated rings. The Morgan fingerprint density at radius 1 is 1.27 bits per heavy atom. The highest BCUT2D eigenvalue weighted by Crippen LogP contribution is 2.60. The van der Waals surface area contributed by atoms with Crippen molar-refractivity contribution in [3.05, 3.63) is 0 Å². The van der Waals surface area contributed by atoms with E-state index < -0.39 is 13.0 Å². The molecule has 0 amide bonds. The fourth-order valence-electron chi connectivity index (χ4n) is 0.938. The van der Waals surface area contributed by atoms with Crippen molar-refractivity contribution < 1.29 is 18.0 Å². The van der Waals surface area contributed by atoms with Gasteiger partial charge < -0.3 is 9.05 Å². The van der Waals surface area contributed by atoms with E-state index in [4.69, 9.17) is 9.05 Å². The molecule has 0 aliphatic rings. The number of hydrogen-bond acceptors (Lipinski definition) is 3. The highest BCUT2D eigenvalue weighted by atomic mass is 31.2. The maximum absolute atomic E-state index is 14.0. The summed E-state index contributed by atoms with van der Waals surface area (Å²) < 4.78 is 35.8. The number of hydrogen-bond donors (Lipinski definition) is 0. The van der Waals surface area contributed by atoms with Crippen molar-refractivity contribution in [2.75, 3.05) is 13.2 Å². The summed E-state index contributed by atoms with van der Waals surface area (Å²) in [4.78, 5) is 0. The Morgan fingerprint density at radius 3 is 2.07 bits per heavy atom. The summed E-state index contributed by atoms with van der Waals surface area (Å²) in [5.41, 5.74) is 0. The number of halogens is 1. The minimum atomic E-state index is -3.79. The Balaban J connectivity index is 4.96. The Bertz CT molecular complexity index is 281. The molecule has 1 atom stereocenters. The first kappa shape index (κ1) is 14.6. The van der Waals surface area contributed by atoms with Crippen LogP contribution in [0, 0.1) is 11.8 Å². The molecule has 5 heteroatoms. The molecule has 0 bridgehead atoms. The summed E-state index contributed by atoms with van der Waals surface area (Å²) in [5, 5.41) is -2.24. The smallest absolute Gasteiger partial charge is 0.306 e. The second-order valence-corrected chi connectivity index (χ2v) is 5.29. The van der Waals surface area contributed by atoms with E-state index in [1.165, 1.54) is 0 Å². The maximum Gasteiger partial charge on any atom is 0.379 e. The van der Waals surface area contributed by atoms with Crippen LogP contribution in [-0.2, 0) is 13.6 Å². The lowest BCUT2D eigenvalue weighted by molar-refractivity contribution is 0.175. The van der Waals surface area contributed by atoms with E-state index in [0.29, 0.717) is 6.42 Å². The molecular formula is C10H18FO3P. The van der Waals surface area contributed by atoms with Crippen molar-refractivity contribution in [1.29, 1.82) is 0 Å². The van der Waals surface area contributed by atoms with Crippen LogP contribution >= 0.6 is 7.60 Å². The maximum atomic E-state index is 14.0. The van der Waals surface area contributed by atoms with E-state index >= 15 is 0 Å². The van der Waals surface area contributed by atoms with Crippen molar-refractivity contribution in [3.63, 3.8) is 0 Å². The molecule has 0 aromatic rings. The molecule has 0 N–H and O–H groups in total. The third kappa shape index (κ3) is 3.95. The molecule has 0 radical (unpaired) electrons. The average Bonchev–Trinajstić information content (AvgIpc) is 2.15. The summed E-state index contributed by atoms with van der Waals surface area (Å²) in [6.45, 7) is 6.44. The van der Waals surface area contributed by atoms with Crippen LogP contribution in [-0.4, -0.2) is 18.6 Å². The van der Waals surface area contributed by atoms with Crippen LogP contribution < -0.4 is 0 Å². The van der Waals surface area contributed by atoms with Gasteiger partial charge in [0.15, 0.2) is 0 Å². The predicted octanol–water partition coefficient (Wildman–Crippen LogP) is 3.35. The van der Waals surface area contributed by atoms with Gasteiger partial charge >= 0.3 is 7.60 Å². The molecule has 1 unspecified atom stereocenters. The Morgan fingerprint density at radius 2 is 1.73 bits per heavy atom. The lowest BCUT2D eigenvalue weighted by Gasteiger charge is -2.24. The molecule has 0 aliphatic heterocycles. The van der Waals surface area contributed by atoms with Gasteiger partial charge in [-0.1, -0.05) is 18.8 Å². The third-order valence-electron chi connectivity index (χ3n) is 1.61. The fraction of sp³-hybridized carbons (Fsp3) is 0.800. The van der Waals surface area contributed by atoms with Crippen molar-refractivity contribution >= 4 is 7.60 Å². The van der Waals surface area contributed by atoms with Gasteiger partial charge in [0, 0.05) is 6.42 Å². The summed E-state index contributed by atoms with van der Waals surface area (Å²) in [5.74, 6) is 4.84. The Hall–Kier alpha value is -0.360. The summed E-state index contributed by atoms with van der Waals surface area (Å²) in [7, 11) is -3.79. The van der Waals surface area contributed by atoms with Gasteiger partial charge in [0.2, 0.25) is 0 Å². The molecule has 0 aromatic heterocycles. The monoisotopic (exact) mass is 236 g/mol. The van der Waals surface area contributed by atoms with Crippen molar-refractivity contribution in [3.8, 4) is 11.8 Å². The molecule has 0 aliphatic carbocycles. The zero-order valence-corrected chi connectivity index (χ0v) is 10.6. The zero-order chi connectivity index (χ0) is 11.9. The van der Waals surface area contributed by atoms with Gasteiger partial charge in [0.1, 0.15) is 0 Å². The molecule has 88 valence electrons. The van der Waals surface area contributed by atoms with E-state index in [-0.39, 0.29) is 13.2 Å². The van der Waals surface area contributed by atoms with Gasteiger partial charge in [-0.2, -0.15) is 0 Å². The van der Waals surface area contributed by atoms with Gasteiger partial charge in [-0.15, -0.1) is 0 Å². The van der Waals surface area contributed by atoms with Crippen LogP contribution in [0.4, 0.5) is 4.39 Å². The first-order valence-electron chi connectivity index (χ1n) is 5.01. The summed E-state index contributed by atoms with van der Waals surface area (Å²) in [6, 6.07) is 0. The summed E-state index contributed by atoms with van der Waals surface area (Å²) in [6.07, 6.45) is 0.498. The van der Waals surface area contributed by atoms with Crippen LogP contribution in [0.1, 0.15) is 34.1 Å². The van der Waals surface area contributed by atoms with E-state index in [0.717, 1.165) is 6.92 Å². The van der Waals surface area contributed by atoms with Crippen LogP contribution in [0.3, 0.4) is 0 Å². The molecule has 15 heavy (non-hydrogen) atoms. The third-order valence-corrected chi connectivity index (χ3v) is 3.94. The van der Waals surface area contributed by atoms with E-state index in [1.807, 2.05) is 0 Å². The minimum Gasteiger partial charge on any atom is -0.306 e. The topological polar surface area (TPSA) is 35.5 Å². The van der Waals surface area contributed by atoms with Crippen molar-refractivity contribution in [1.82, 2.24) is 0 Å². The predicted molar refractivity (Wildman–Crippen MR) is 58.4 cm³/mol. The molecule has 0 spiro atoms. The Kier molecular flexibility index (Phi) is 6.12. The van der Waals surface area contributed by atoms with Crippen molar-refractivity contribution in [2.45, 2.75) is 39.5 Å².